The maximum Gasteiger partial charge on any atom is 0.339 e. The minimum absolute atomic E-state index is 0.0472. The molecule has 0 unspecified atom stereocenters. The van der Waals surface area contributed by atoms with E-state index in [4.69, 9.17) is 4.74 Å². The maximum absolute atomic E-state index is 12.7. The summed E-state index contributed by atoms with van der Waals surface area (Å²) in [7, 11) is 0. The standard InChI is InChI=1S/C19H26O5/c1-16(2)6-4-7-18(10-20)12(16)5-8-19-13(18)9-11(21)14(19)17(3,23)15(22)24-19/h9,12,14,20,23H,4-8,10H2,1-3H3/t12-,14-,17-,18+,19-/m0/s1. The molecular formula is C19H26O5. The Balaban J connectivity index is 1.89. The Bertz CT molecular complexity index is 661. The van der Waals surface area contributed by atoms with Crippen LogP contribution in [0.1, 0.15) is 52.9 Å². The summed E-state index contributed by atoms with van der Waals surface area (Å²) in [5.41, 5.74) is -2.53. The minimum Gasteiger partial charge on any atom is -0.451 e. The number of hydrogen-bond acceptors (Lipinski definition) is 5. The summed E-state index contributed by atoms with van der Waals surface area (Å²) in [6, 6.07) is 0. The van der Waals surface area contributed by atoms with E-state index in [9.17, 15) is 19.8 Å². The summed E-state index contributed by atoms with van der Waals surface area (Å²) < 4.78 is 5.72. The first kappa shape index (κ1) is 16.3. The first-order chi connectivity index (χ1) is 11.1. The third-order valence-electron chi connectivity index (χ3n) is 7.42. The lowest BCUT2D eigenvalue weighted by atomic mass is 9.47. The Morgan fingerprint density at radius 1 is 1.21 bits per heavy atom. The predicted molar refractivity (Wildman–Crippen MR) is 85.9 cm³/mol. The quantitative estimate of drug-likeness (QED) is 0.714. The molecule has 0 aromatic carbocycles. The first-order valence-electron chi connectivity index (χ1n) is 8.95. The summed E-state index contributed by atoms with van der Waals surface area (Å²) in [4.78, 5) is 25.0. The van der Waals surface area contributed by atoms with Crippen LogP contribution >= 0.6 is 0 Å². The van der Waals surface area contributed by atoms with Gasteiger partial charge in [-0.25, -0.2) is 4.79 Å². The predicted octanol–water partition coefficient (Wildman–Crippen LogP) is 1.76. The number of carbonyl (C=O) groups is 2. The number of aliphatic hydroxyl groups excluding tert-OH is 1. The van der Waals surface area contributed by atoms with Gasteiger partial charge in [-0.05, 0) is 55.6 Å². The van der Waals surface area contributed by atoms with Crippen molar-refractivity contribution in [1.82, 2.24) is 0 Å². The second-order valence-electron chi connectivity index (χ2n) is 9.07. The van der Waals surface area contributed by atoms with Gasteiger partial charge in [-0.2, -0.15) is 0 Å². The average Bonchev–Trinajstić information content (AvgIpc) is 2.89. The van der Waals surface area contributed by atoms with Crippen molar-refractivity contribution < 1.29 is 24.5 Å². The van der Waals surface area contributed by atoms with Gasteiger partial charge < -0.3 is 14.9 Å². The van der Waals surface area contributed by atoms with Crippen LogP contribution < -0.4 is 0 Å². The third kappa shape index (κ3) is 1.63. The summed E-state index contributed by atoms with van der Waals surface area (Å²) in [5, 5.41) is 21.0. The number of carbonyl (C=O) groups excluding carboxylic acids is 2. The van der Waals surface area contributed by atoms with Gasteiger partial charge in [0.15, 0.2) is 11.4 Å². The molecule has 3 aliphatic carbocycles. The van der Waals surface area contributed by atoms with Crippen LogP contribution in [0.3, 0.4) is 0 Å². The lowest BCUT2D eigenvalue weighted by Crippen LogP contribution is -2.58. The van der Waals surface area contributed by atoms with E-state index >= 15 is 0 Å². The Morgan fingerprint density at radius 3 is 2.58 bits per heavy atom. The number of ether oxygens (including phenoxy) is 1. The summed E-state index contributed by atoms with van der Waals surface area (Å²) >= 11 is 0. The van der Waals surface area contributed by atoms with Crippen LogP contribution in [-0.2, 0) is 14.3 Å². The van der Waals surface area contributed by atoms with Gasteiger partial charge in [0.05, 0.1) is 6.61 Å². The molecule has 0 radical (unpaired) electrons. The van der Waals surface area contributed by atoms with Crippen molar-refractivity contribution >= 4 is 11.8 Å². The Kier molecular flexibility index (Phi) is 3.05. The molecule has 1 aliphatic heterocycles. The van der Waals surface area contributed by atoms with Gasteiger partial charge in [0.2, 0.25) is 0 Å². The molecule has 1 saturated heterocycles. The highest BCUT2D eigenvalue weighted by Gasteiger charge is 2.74. The van der Waals surface area contributed by atoms with Crippen LogP contribution in [0.4, 0.5) is 0 Å². The SMILES string of the molecule is CC1(C)CCC[C@]2(CO)C3=CC(=O)[C@@H]4[C@@]3(CC[C@@H]12)OC(=O)[C@@]4(C)O. The summed E-state index contributed by atoms with van der Waals surface area (Å²) in [6.45, 7) is 5.79. The van der Waals surface area contributed by atoms with Gasteiger partial charge >= 0.3 is 5.97 Å². The van der Waals surface area contributed by atoms with Crippen molar-refractivity contribution in [2.45, 2.75) is 64.1 Å². The molecule has 1 heterocycles. The van der Waals surface area contributed by atoms with Crippen LogP contribution in [0, 0.1) is 22.7 Å². The van der Waals surface area contributed by atoms with E-state index in [2.05, 4.69) is 13.8 Å². The van der Waals surface area contributed by atoms with Crippen LogP contribution in [0.15, 0.2) is 11.6 Å². The van der Waals surface area contributed by atoms with Crippen molar-refractivity contribution in [2.24, 2.45) is 22.7 Å². The fourth-order valence-corrected chi connectivity index (χ4v) is 6.44. The van der Waals surface area contributed by atoms with E-state index in [-0.39, 0.29) is 23.7 Å². The zero-order valence-corrected chi connectivity index (χ0v) is 14.6. The number of allylic oxidation sites excluding steroid dienone is 1. The molecule has 3 fully saturated rings. The second-order valence-corrected chi connectivity index (χ2v) is 9.07. The molecule has 0 aromatic heterocycles. The van der Waals surface area contributed by atoms with Gasteiger partial charge in [-0.1, -0.05) is 20.3 Å². The lowest BCUT2D eigenvalue weighted by molar-refractivity contribution is -0.161. The molecule has 132 valence electrons. The van der Waals surface area contributed by atoms with Crippen LogP contribution in [0.25, 0.3) is 0 Å². The van der Waals surface area contributed by atoms with Crippen molar-refractivity contribution in [2.75, 3.05) is 6.61 Å². The van der Waals surface area contributed by atoms with Crippen LogP contribution in [0.2, 0.25) is 0 Å². The number of rotatable bonds is 1. The fourth-order valence-electron chi connectivity index (χ4n) is 6.44. The largest absolute Gasteiger partial charge is 0.451 e. The summed E-state index contributed by atoms with van der Waals surface area (Å²) in [5.74, 6) is -1.58. The topological polar surface area (TPSA) is 83.8 Å². The summed E-state index contributed by atoms with van der Waals surface area (Å²) in [6.07, 6.45) is 5.78. The van der Waals surface area contributed by atoms with E-state index in [0.29, 0.717) is 6.42 Å². The average molecular weight is 334 g/mol. The minimum atomic E-state index is -1.79. The van der Waals surface area contributed by atoms with Crippen LogP contribution in [0.5, 0.6) is 0 Å². The number of hydrogen-bond donors (Lipinski definition) is 2. The third-order valence-corrected chi connectivity index (χ3v) is 7.42. The Morgan fingerprint density at radius 2 is 1.92 bits per heavy atom. The molecule has 0 aromatic rings. The maximum atomic E-state index is 12.7. The normalized spacial score (nSPS) is 49.1. The molecule has 5 heteroatoms. The van der Waals surface area contributed by atoms with Crippen LogP contribution in [-0.4, -0.2) is 39.8 Å². The molecular weight excluding hydrogens is 308 g/mol. The Labute approximate surface area is 142 Å². The van der Waals surface area contributed by atoms with Gasteiger partial charge in [0.25, 0.3) is 0 Å². The highest BCUT2D eigenvalue weighted by molar-refractivity contribution is 6.05. The number of fused-ring (bicyclic) bond motifs is 2. The van der Waals surface area contributed by atoms with Crippen molar-refractivity contribution in [3.63, 3.8) is 0 Å². The van der Waals surface area contributed by atoms with Gasteiger partial charge in [-0.15, -0.1) is 0 Å². The van der Waals surface area contributed by atoms with E-state index < -0.39 is 28.5 Å². The molecule has 2 saturated carbocycles. The van der Waals surface area contributed by atoms with Gasteiger partial charge in [0.1, 0.15) is 11.5 Å². The van der Waals surface area contributed by atoms with E-state index in [1.165, 1.54) is 6.92 Å². The number of aliphatic hydroxyl groups is 2. The molecule has 1 spiro atoms. The Hall–Kier alpha value is -1.20. The molecule has 0 amide bonds. The van der Waals surface area contributed by atoms with E-state index in [0.717, 1.165) is 31.3 Å². The lowest BCUT2D eigenvalue weighted by Gasteiger charge is -2.58. The van der Waals surface area contributed by atoms with Gasteiger partial charge in [-0.3, -0.25) is 4.79 Å². The molecule has 2 N–H and O–H groups in total. The highest BCUT2D eigenvalue weighted by Crippen LogP contribution is 2.67. The molecule has 5 nitrogen and oxygen atoms in total. The van der Waals surface area contributed by atoms with E-state index in [1.807, 2.05) is 0 Å². The fraction of sp³-hybridized carbons (Fsp3) is 0.789. The molecule has 4 aliphatic rings. The van der Waals surface area contributed by atoms with Crippen molar-refractivity contribution in [3.05, 3.63) is 11.6 Å². The smallest absolute Gasteiger partial charge is 0.339 e. The zero-order chi connectivity index (χ0) is 17.5. The van der Waals surface area contributed by atoms with E-state index in [1.54, 1.807) is 6.08 Å². The monoisotopic (exact) mass is 334 g/mol. The second kappa shape index (κ2) is 4.50. The first-order valence-corrected chi connectivity index (χ1v) is 8.95. The zero-order valence-electron chi connectivity index (χ0n) is 14.6. The van der Waals surface area contributed by atoms with Gasteiger partial charge in [0, 0.05) is 5.41 Å². The van der Waals surface area contributed by atoms with Crippen molar-refractivity contribution in [1.29, 1.82) is 0 Å². The molecule has 4 rings (SSSR count). The number of esters is 1. The molecule has 5 atom stereocenters. The molecule has 0 bridgehead atoms. The highest BCUT2D eigenvalue weighted by atomic mass is 16.6. The molecule has 24 heavy (non-hydrogen) atoms. The number of ketones is 1. The van der Waals surface area contributed by atoms with Crippen molar-refractivity contribution in [3.8, 4) is 0 Å².